The van der Waals surface area contributed by atoms with Crippen molar-refractivity contribution in [2.75, 3.05) is 29.4 Å². The first-order valence-corrected chi connectivity index (χ1v) is 21.3. The Bertz CT molecular complexity index is 2630. The number of amides is 4. The molecule has 2 aromatic heterocycles. The van der Waals surface area contributed by atoms with Crippen molar-refractivity contribution in [1.29, 1.82) is 0 Å². The van der Waals surface area contributed by atoms with Gasteiger partial charge in [-0.05, 0) is 74.7 Å². The maximum atomic E-state index is 14.5. The third-order valence-electron chi connectivity index (χ3n) is 10.8. The minimum Gasteiger partial charge on any atom is -0.394 e. The number of anilines is 2. The van der Waals surface area contributed by atoms with Crippen molar-refractivity contribution in [3.8, 4) is 0 Å². The Labute approximate surface area is 404 Å². The lowest BCUT2D eigenvalue weighted by molar-refractivity contribution is -0.156. The first kappa shape index (κ1) is 56.0. The molecule has 376 valence electrons. The van der Waals surface area contributed by atoms with Crippen molar-refractivity contribution in [3.63, 3.8) is 0 Å². The number of nitrogens with zero attached hydrogens (tertiary/aromatic N) is 6. The molecule has 0 radical (unpaired) electrons. The number of carbonyl (C=O) groups is 7. The molecule has 2 aliphatic rings. The summed E-state index contributed by atoms with van der Waals surface area (Å²) in [5.41, 5.74) is 1.76. The molecular formula is C45H43Cl2F8N7O8. The van der Waals surface area contributed by atoms with Crippen LogP contribution in [0.25, 0.3) is 0 Å². The fraction of sp³-hybridized carbons (Fsp3) is 0.356. The van der Waals surface area contributed by atoms with E-state index in [0.29, 0.717) is 11.1 Å². The molecule has 0 saturated carbocycles. The van der Waals surface area contributed by atoms with Crippen molar-refractivity contribution >= 4 is 76.2 Å². The number of carbonyl (C=O) groups excluding carboxylic acids is 7. The monoisotopic (exact) mass is 1030 g/mol. The maximum absolute atomic E-state index is 14.5. The van der Waals surface area contributed by atoms with Crippen molar-refractivity contribution < 1.29 is 73.4 Å². The van der Waals surface area contributed by atoms with E-state index in [1.54, 1.807) is 0 Å². The summed E-state index contributed by atoms with van der Waals surface area (Å²) in [5, 5.41) is 0.0351. The molecule has 0 aliphatic carbocycles. The average molecular weight is 1030 g/mol. The molecule has 2 aromatic carbocycles. The normalized spacial score (nSPS) is 18.5. The molecule has 4 aromatic rings. The second-order valence-electron chi connectivity index (χ2n) is 16.1. The van der Waals surface area contributed by atoms with E-state index in [0.717, 1.165) is 58.6 Å². The second kappa shape index (κ2) is 22.4. The summed E-state index contributed by atoms with van der Waals surface area (Å²) in [4.78, 5) is 95.6. The SMILES string of the molecule is CC(=O)CCC1(C)C(=O)N(c2ncc(Cl)cc2F)CC(=O)N1Cc1ccc(C(F)(F)F)cc1.CC(=O)OC(C)=O.CC1(CN)C(=O)N(c2ncc(Cl)cc2F)CC(=O)N1Cc1ccc(C(F)(F)F)cc1. The average Bonchev–Trinajstić information content (AvgIpc) is 3.26. The highest BCUT2D eigenvalue weighted by Crippen LogP contribution is 2.36. The van der Waals surface area contributed by atoms with Crippen LogP contribution in [0.1, 0.15) is 69.7 Å². The van der Waals surface area contributed by atoms with E-state index < -0.39 is 94.8 Å². The highest BCUT2D eigenvalue weighted by Gasteiger charge is 2.51. The summed E-state index contributed by atoms with van der Waals surface area (Å²) in [6.07, 6.45) is -6.81. The fourth-order valence-corrected chi connectivity index (χ4v) is 7.34. The molecule has 0 spiro atoms. The Morgan fingerprint density at radius 1 is 0.657 bits per heavy atom. The molecule has 2 fully saturated rings. The summed E-state index contributed by atoms with van der Waals surface area (Å²) in [6, 6.07) is 10.4. The van der Waals surface area contributed by atoms with E-state index in [4.69, 9.17) is 28.9 Å². The zero-order chi connectivity index (χ0) is 52.7. The van der Waals surface area contributed by atoms with Gasteiger partial charge in [0.1, 0.15) is 30.0 Å². The molecule has 2 unspecified atom stereocenters. The van der Waals surface area contributed by atoms with Gasteiger partial charge in [-0.3, -0.25) is 38.6 Å². The number of esters is 2. The zero-order valence-electron chi connectivity index (χ0n) is 37.7. The van der Waals surface area contributed by atoms with Gasteiger partial charge >= 0.3 is 24.3 Å². The van der Waals surface area contributed by atoms with Gasteiger partial charge in [-0.15, -0.1) is 0 Å². The van der Waals surface area contributed by atoms with Gasteiger partial charge in [0.2, 0.25) is 11.8 Å². The van der Waals surface area contributed by atoms with E-state index >= 15 is 0 Å². The summed E-state index contributed by atoms with van der Waals surface area (Å²) >= 11 is 11.4. The van der Waals surface area contributed by atoms with Crippen LogP contribution in [0.5, 0.6) is 0 Å². The number of ketones is 1. The van der Waals surface area contributed by atoms with Crippen LogP contribution in [0.15, 0.2) is 73.1 Å². The Kier molecular flexibility index (Phi) is 18.0. The number of piperazine rings is 2. The predicted octanol–water partition coefficient (Wildman–Crippen LogP) is 7.48. The third-order valence-corrected chi connectivity index (χ3v) is 11.2. The standard InChI is InChI=1S/C22H20ClF4N3O3.C19H17ClF4N4O2.C4H6O3/c1-13(31)7-8-21(2)20(33)29(19-17(24)9-16(23)10-28-19)12-18(32)30(21)11-14-3-5-15(6-4-14)22(25,26)27;1-18(10-25)17(30)27(16-14(21)6-13(20)7-26-16)9-15(29)28(18)8-11-2-4-12(5-3-11)19(22,23)24;1-3(5)7-4(2)6/h3-6,9-10H,7-8,11-12H2,1-2H3;2-7H,8-10,25H2,1H3;1-2H3. The number of pyridine rings is 2. The van der Waals surface area contributed by atoms with Gasteiger partial charge in [-0.1, -0.05) is 47.5 Å². The Hall–Kier alpha value is -6.59. The molecule has 2 aliphatic heterocycles. The van der Waals surface area contributed by atoms with Gasteiger partial charge in [0, 0.05) is 52.3 Å². The topological polar surface area (TPSA) is 193 Å². The molecule has 25 heteroatoms. The first-order valence-electron chi connectivity index (χ1n) is 20.5. The van der Waals surface area contributed by atoms with Crippen LogP contribution in [0.2, 0.25) is 10.0 Å². The van der Waals surface area contributed by atoms with Crippen LogP contribution in [-0.2, 0) is 63.7 Å². The zero-order valence-corrected chi connectivity index (χ0v) is 39.2. The highest BCUT2D eigenvalue weighted by atomic mass is 35.5. The minimum absolute atomic E-state index is 0.00954. The number of hydrogen-bond donors (Lipinski definition) is 1. The summed E-state index contributed by atoms with van der Waals surface area (Å²) < 4.78 is 110. The van der Waals surface area contributed by atoms with E-state index in [1.807, 2.05) is 0 Å². The van der Waals surface area contributed by atoms with E-state index in [2.05, 4.69) is 14.7 Å². The first-order chi connectivity index (χ1) is 32.4. The largest absolute Gasteiger partial charge is 0.416 e. The number of halogens is 10. The van der Waals surface area contributed by atoms with Gasteiger partial charge in [-0.2, -0.15) is 26.3 Å². The summed E-state index contributed by atoms with van der Waals surface area (Å²) in [5.74, 6) is -6.30. The lowest BCUT2D eigenvalue weighted by Crippen LogP contribution is -2.69. The van der Waals surface area contributed by atoms with Crippen LogP contribution in [-0.4, -0.2) is 91.8 Å². The van der Waals surface area contributed by atoms with Crippen molar-refractivity contribution in [2.24, 2.45) is 5.73 Å². The lowest BCUT2D eigenvalue weighted by atomic mass is 9.87. The van der Waals surface area contributed by atoms with Gasteiger partial charge < -0.3 is 25.1 Å². The minimum atomic E-state index is -4.51. The third kappa shape index (κ3) is 13.6. The molecule has 70 heavy (non-hydrogen) atoms. The highest BCUT2D eigenvalue weighted by molar-refractivity contribution is 6.30. The number of aromatic nitrogens is 2. The second-order valence-corrected chi connectivity index (χ2v) is 17.0. The molecule has 2 atom stereocenters. The van der Waals surface area contributed by atoms with E-state index in [-0.39, 0.29) is 59.9 Å². The number of nitrogens with two attached hydrogens (primary N) is 1. The molecule has 4 heterocycles. The number of benzene rings is 2. The fourth-order valence-electron chi connectivity index (χ4n) is 7.05. The van der Waals surface area contributed by atoms with Crippen LogP contribution in [0.3, 0.4) is 0 Å². The molecular weight excluding hydrogens is 989 g/mol. The lowest BCUT2D eigenvalue weighted by Gasteiger charge is -2.47. The quantitative estimate of drug-likeness (QED) is 0.0941. The van der Waals surface area contributed by atoms with Crippen LogP contribution in [0, 0.1) is 11.6 Å². The predicted molar refractivity (Wildman–Crippen MR) is 235 cm³/mol. The van der Waals surface area contributed by atoms with Crippen molar-refractivity contribution in [1.82, 2.24) is 19.8 Å². The van der Waals surface area contributed by atoms with Gasteiger partial charge in [-0.25, -0.2) is 18.7 Å². The van der Waals surface area contributed by atoms with Crippen LogP contribution in [0.4, 0.5) is 46.8 Å². The Morgan fingerprint density at radius 3 is 1.31 bits per heavy atom. The van der Waals surface area contributed by atoms with Crippen molar-refractivity contribution in [3.05, 3.63) is 117 Å². The molecule has 2 saturated heterocycles. The summed E-state index contributed by atoms with van der Waals surface area (Å²) in [7, 11) is 0. The van der Waals surface area contributed by atoms with E-state index in [1.165, 1.54) is 68.7 Å². The number of rotatable bonds is 10. The molecule has 15 nitrogen and oxygen atoms in total. The van der Waals surface area contributed by atoms with Crippen LogP contribution >= 0.6 is 23.2 Å². The number of Topliss-reactive ketones (excluding diaryl/α,β-unsaturated/α-hetero) is 1. The summed E-state index contributed by atoms with van der Waals surface area (Å²) in [6.45, 7) is 4.94. The van der Waals surface area contributed by atoms with E-state index in [9.17, 15) is 68.7 Å². The number of hydrogen-bond acceptors (Lipinski definition) is 11. The van der Waals surface area contributed by atoms with Gasteiger partial charge in [0.25, 0.3) is 11.8 Å². The van der Waals surface area contributed by atoms with Crippen LogP contribution < -0.4 is 15.5 Å². The molecule has 0 bridgehead atoms. The Balaban J connectivity index is 0.000000269. The molecule has 6 rings (SSSR count). The van der Waals surface area contributed by atoms with Gasteiger partial charge in [0.15, 0.2) is 23.3 Å². The molecule has 4 amide bonds. The van der Waals surface area contributed by atoms with Gasteiger partial charge in [0.05, 0.1) is 21.2 Å². The number of alkyl halides is 6. The van der Waals surface area contributed by atoms with Crippen molar-refractivity contribution in [2.45, 2.75) is 84.0 Å². The maximum Gasteiger partial charge on any atom is 0.416 e. The number of ether oxygens (including phenoxy) is 1. The molecule has 2 N–H and O–H groups in total. The Morgan fingerprint density at radius 2 is 1.01 bits per heavy atom. The smallest absolute Gasteiger partial charge is 0.394 e.